The van der Waals surface area contributed by atoms with E-state index < -0.39 is 0 Å². The van der Waals surface area contributed by atoms with Gasteiger partial charge in [0.15, 0.2) is 0 Å². The molecule has 1 atom stereocenters. The van der Waals surface area contributed by atoms with Gasteiger partial charge >= 0.3 is 6.09 Å². The molecule has 0 bridgehead atoms. The van der Waals surface area contributed by atoms with Gasteiger partial charge in [-0.15, -0.1) is 0 Å². The summed E-state index contributed by atoms with van der Waals surface area (Å²) in [6.07, 6.45) is 4.31. The van der Waals surface area contributed by atoms with Crippen molar-refractivity contribution in [1.29, 1.82) is 0 Å². The summed E-state index contributed by atoms with van der Waals surface area (Å²) in [6, 6.07) is 20.4. The van der Waals surface area contributed by atoms with Crippen molar-refractivity contribution >= 4 is 6.09 Å². The average molecular weight is 323 g/mol. The summed E-state index contributed by atoms with van der Waals surface area (Å²) in [4.78, 5) is 14.2. The molecule has 3 rings (SSSR count). The van der Waals surface area contributed by atoms with Crippen LogP contribution >= 0.6 is 0 Å². The molecule has 1 aliphatic heterocycles. The van der Waals surface area contributed by atoms with E-state index in [-0.39, 0.29) is 6.09 Å². The first kappa shape index (κ1) is 16.6. The molecule has 0 aliphatic carbocycles. The first-order valence-electron chi connectivity index (χ1n) is 8.81. The fourth-order valence-corrected chi connectivity index (χ4v) is 3.29. The third kappa shape index (κ3) is 4.85. The number of ether oxygens (including phenoxy) is 1. The minimum Gasteiger partial charge on any atom is -0.445 e. The largest absolute Gasteiger partial charge is 0.445 e. The molecule has 1 aliphatic rings. The lowest BCUT2D eigenvalue weighted by Crippen LogP contribution is -2.40. The maximum absolute atomic E-state index is 12.3. The van der Waals surface area contributed by atoms with E-state index in [1.807, 2.05) is 35.2 Å². The van der Waals surface area contributed by atoms with Crippen LogP contribution in [-0.2, 0) is 17.8 Å². The molecule has 3 heteroatoms. The molecule has 2 aromatic carbocycles. The molecule has 24 heavy (non-hydrogen) atoms. The third-order valence-corrected chi connectivity index (χ3v) is 4.67. The van der Waals surface area contributed by atoms with Crippen LogP contribution in [0.5, 0.6) is 0 Å². The number of rotatable bonds is 5. The first-order chi connectivity index (χ1) is 11.8. The van der Waals surface area contributed by atoms with Gasteiger partial charge in [0.25, 0.3) is 0 Å². The Hall–Kier alpha value is -2.29. The number of piperidine rings is 1. The van der Waals surface area contributed by atoms with Crippen molar-refractivity contribution in [3.05, 3.63) is 71.8 Å². The predicted molar refractivity (Wildman–Crippen MR) is 95.7 cm³/mol. The van der Waals surface area contributed by atoms with Crippen LogP contribution in [0, 0.1) is 5.92 Å². The predicted octanol–water partition coefficient (Wildman–Crippen LogP) is 4.67. The molecule has 1 amide bonds. The van der Waals surface area contributed by atoms with Crippen molar-refractivity contribution < 1.29 is 9.53 Å². The number of amides is 1. The van der Waals surface area contributed by atoms with Crippen LogP contribution in [0.15, 0.2) is 60.7 Å². The van der Waals surface area contributed by atoms with Gasteiger partial charge in [0.1, 0.15) is 6.61 Å². The van der Waals surface area contributed by atoms with E-state index in [4.69, 9.17) is 4.74 Å². The zero-order valence-corrected chi connectivity index (χ0v) is 14.1. The van der Waals surface area contributed by atoms with Crippen molar-refractivity contribution in [2.75, 3.05) is 13.1 Å². The Morgan fingerprint density at radius 2 is 1.67 bits per heavy atom. The van der Waals surface area contributed by atoms with Gasteiger partial charge in [-0.05, 0) is 42.7 Å². The molecule has 3 nitrogen and oxygen atoms in total. The zero-order chi connectivity index (χ0) is 16.6. The van der Waals surface area contributed by atoms with Crippen molar-refractivity contribution in [1.82, 2.24) is 4.90 Å². The smallest absolute Gasteiger partial charge is 0.410 e. The molecule has 0 spiro atoms. The van der Waals surface area contributed by atoms with Crippen molar-refractivity contribution in [3.8, 4) is 0 Å². The topological polar surface area (TPSA) is 29.5 Å². The number of hydrogen-bond acceptors (Lipinski definition) is 2. The second kappa shape index (κ2) is 8.53. The van der Waals surface area contributed by atoms with Gasteiger partial charge in [-0.2, -0.15) is 0 Å². The number of aryl methyl sites for hydroxylation is 1. The summed E-state index contributed by atoms with van der Waals surface area (Å²) < 4.78 is 5.47. The van der Waals surface area contributed by atoms with Crippen LogP contribution in [-0.4, -0.2) is 24.1 Å². The third-order valence-electron chi connectivity index (χ3n) is 4.67. The summed E-state index contributed by atoms with van der Waals surface area (Å²) in [6.45, 7) is 1.99. The molecule has 1 heterocycles. The van der Waals surface area contributed by atoms with Gasteiger partial charge in [-0.1, -0.05) is 60.7 Å². The Balaban J connectivity index is 1.45. The van der Waals surface area contributed by atoms with Crippen LogP contribution in [0.25, 0.3) is 0 Å². The molecule has 1 fully saturated rings. The fraction of sp³-hybridized carbons (Fsp3) is 0.381. The Morgan fingerprint density at radius 3 is 2.38 bits per heavy atom. The van der Waals surface area contributed by atoms with Crippen LogP contribution in [0.1, 0.15) is 30.4 Å². The lowest BCUT2D eigenvalue weighted by Gasteiger charge is -2.32. The normalized spacial score (nSPS) is 17.5. The molecule has 1 saturated heterocycles. The number of carbonyl (C=O) groups excluding carboxylic acids is 1. The average Bonchev–Trinajstić information content (AvgIpc) is 2.66. The van der Waals surface area contributed by atoms with E-state index in [0.717, 1.165) is 37.9 Å². The number of nitrogens with zero attached hydrogens (tertiary/aromatic N) is 1. The highest BCUT2D eigenvalue weighted by molar-refractivity contribution is 5.67. The van der Waals surface area contributed by atoms with Crippen LogP contribution in [0.2, 0.25) is 0 Å². The molecule has 126 valence electrons. The Morgan fingerprint density at radius 1 is 1.00 bits per heavy atom. The van der Waals surface area contributed by atoms with E-state index in [1.54, 1.807) is 0 Å². The molecule has 0 unspecified atom stereocenters. The maximum Gasteiger partial charge on any atom is 0.410 e. The van der Waals surface area contributed by atoms with Crippen molar-refractivity contribution in [2.45, 2.75) is 32.3 Å². The zero-order valence-electron chi connectivity index (χ0n) is 14.1. The second-order valence-corrected chi connectivity index (χ2v) is 6.52. The minimum atomic E-state index is -0.178. The summed E-state index contributed by atoms with van der Waals surface area (Å²) in [7, 11) is 0. The van der Waals surface area contributed by atoms with Gasteiger partial charge in [0, 0.05) is 13.1 Å². The molecular weight excluding hydrogens is 298 g/mol. The number of likely N-dealkylation sites (tertiary alicyclic amines) is 1. The Bertz CT molecular complexity index is 627. The number of benzene rings is 2. The fourth-order valence-electron chi connectivity index (χ4n) is 3.29. The molecule has 0 saturated carbocycles. The molecule has 2 aromatic rings. The molecule has 0 aromatic heterocycles. The molecule has 0 radical (unpaired) electrons. The lowest BCUT2D eigenvalue weighted by atomic mass is 9.92. The number of carbonyl (C=O) groups is 1. The number of hydrogen-bond donors (Lipinski definition) is 0. The maximum atomic E-state index is 12.3. The van der Waals surface area contributed by atoms with E-state index in [1.165, 1.54) is 12.0 Å². The molecule has 0 N–H and O–H groups in total. The van der Waals surface area contributed by atoms with Gasteiger partial charge < -0.3 is 9.64 Å². The van der Waals surface area contributed by atoms with Crippen LogP contribution < -0.4 is 0 Å². The van der Waals surface area contributed by atoms with Gasteiger partial charge in [-0.25, -0.2) is 4.79 Å². The van der Waals surface area contributed by atoms with Crippen molar-refractivity contribution in [2.24, 2.45) is 5.92 Å². The lowest BCUT2D eigenvalue weighted by molar-refractivity contribution is 0.0780. The van der Waals surface area contributed by atoms with E-state index >= 15 is 0 Å². The second-order valence-electron chi connectivity index (χ2n) is 6.52. The standard InChI is InChI=1S/C21H25NO2/c23-21(24-17-20-10-5-2-6-11-20)22-15-7-12-19(16-22)14-13-18-8-3-1-4-9-18/h1-6,8-11,19H,7,12-17H2/t19-/m1/s1. The van der Waals surface area contributed by atoms with Gasteiger partial charge in [0.2, 0.25) is 0 Å². The summed E-state index contributed by atoms with van der Waals surface area (Å²) in [5, 5.41) is 0. The Labute approximate surface area is 144 Å². The highest BCUT2D eigenvalue weighted by Crippen LogP contribution is 2.22. The monoisotopic (exact) mass is 323 g/mol. The van der Waals surface area contributed by atoms with Crippen LogP contribution in [0.4, 0.5) is 4.79 Å². The van der Waals surface area contributed by atoms with E-state index in [9.17, 15) is 4.79 Å². The van der Waals surface area contributed by atoms with E-state index in [2.05, 4.69) is 30.3 Å². The highest BCUT2D eigenvalue weighted by atomic mass is 16.6. The quantitative estimate of drug-likeness (QED) is 0.800. The summed E-state index contributed by atoms with van der Waals surface area (Å²) in [5.74, 6) is 0.572. The molecular formula is C21H25NO2. The Kier molecular flexibility index (Phi) is 5.89. The van der Waals surface area contributed by atoms with Crippen LogP contribution in [0.3, 0.4) is 0 Å². The highest BCUT2D eigenvalue weighted by Gasteiger charge is 2.24. The minimum absolute atomic E-state index is 0.178. The van der Waals surface area contributed by atoms with Gasteiger partial charge in [0.05, 0.1) is 0 Å². The first-order valence-corrected chi connectivity index (χ1v) is 8.81. The van der Waals surface area contributed by atoms with Crippen molar-refractivity contribution in [3.63, 3.8) is 0 Å². The summed E-state index contributed by atoms with van der Waals surface area (Å²) in [5.41, 5.74) is 2.41. The van der Waals surface area contributed by atoms with Gasteiger partial charge in [-0.3, -0.25) is 0 Å². The van der Waals surface area contributed by atoms with E-state index in [0.29, 0.717) is 12.5 Å². The summed E-state index contributed by atoms with van der Waals surface area (Å²) >= 11 is 0. The SMILES string of the molecule is O=C(OCc1ccccc1)N1CCC[C@H](CCc2ccccc2)C1.